The van der Waals surface area contributed by atoms with E-state index in [1.165, 1.54) is 4.90 Å². The van der Waals surface area contributed by atoms with Crippen LogP contribution in [-0.2, 0) is 33.6 Å². The van der Waals surface area contributed by atoms with E-state index in [1.54, 1.807) is 0 Å². The lowest BCUT2D eigenvalue weighted by molar-refractivity contribution is -0.145. The van der Waals surface area contributed by atoms with Crippen LogP contribution in [0.1, 0.15) is 44.9 Å². The molecule has 22 nitrogen and oxygen atoms in total. The highest BCUT2D eigenvalue weighted by atomic mass is 16.4. The Hall–Kier alpha value is -5.25. The van der Waals surface area contributed by atoms with E-state index in [4.69, 9.17) is 28.0 Å². The first-order valence-corrected chi connectivity index (χ1v) is 15.6. The number of carboxylic acids is 1. The second-order valence-corrected chi connectivity index (χ2v) is 11.0. The number of aliphatic hydroxyl groups excluding tert-OH is 1. The van der Waals surface area contributed by atoms with Crippen molar-refractivity contribution >= 4 is 53.3 Å². The van der Waals surface area contributed by atoms with E-state index in [0.717, 1.165) is 0 Å². The van der Waals surface area contributed by atoms with Gasteiger partial charge in [0.2, 0.25) is 35.4 Å². The molecule has 0 aromatic rings. The quantitative estimate of drug-likeness (QED) is 0.0284. The van der Waals surface area contributed by atoms with E-state index >= 15 is 0 Å². The molecule has 0 bridgehead atoms. The number of carbonyl (C=O) groups excluding carboxylic acids is 6. The van der Waals surface area contributed by atoms with Crippen molar-refractivity contribution in [1.82, 2.24) is 42.1 Å². The summed E-state index contributed by atoms with van der Waals surface area (Å²) >= 11 is 0. The molecule has 49 heavy (non-hydrogen) atoms. The van der Waals surface area contributed by atoms with Gasteiger partial charge in [0, 0.05) is 32.6 Å². The molecule has 4 atom stereocenters. The third-order valence-electron chi connectivity index (χ3n) is 7.13. The number of guanidine groups is 2. The minimum Gasteiger partial charge on any atom is -0.480 e. The molecule has 1 heterocycles. The van der Waals surface area contributed by atoms with Crippen molar-refractivity contribution in [2.45, 2.75) is 69.1 Å². The SMILES string of the molecule is N=C(N)NCCC[C@H](NC(=O)[C@@H]1CCCN1C(=O)[C@H](CCCNC(=N)N)NC(=O)CNC(=O)[C@H](CO)NC(=O)CNC(=O)CCN)C(=O)O. The van der Waals surface area contributed by atoms with Crippen molar-refractivity contribution in [2.24, 2.45) is 17.2 Å². The summed E-state index contributed by atoms with van der Waals surface area (Å²) in [6.07, 6.45) is 1.26. The van der Waals surface area contributed by atoms with Crippen LogP contribution in [-0.4, -0.2) is 138 Å². The third-order valence-corrected chi connectivity index (χ3v) is 7.13. The summed E-state index contributed by atoms with van der Waals surface area (Å²) in [6, 6.07) is -4.93. The highest BCUT2D eigenvalue weighted by molar-refractivity contribution is 5.95. The molecule has 0 unspecified atom stereocenters. The molecule has 1 saturated heterocycles. The predicted molar refractivity (Wildman–Crippen MR) is 173 cm³/mol. The Kier molecular flexibility index (Phi) is 19.0. The summed E-state index contributed by atoms with van der Waals surface area (Å²) in [5.74, 6) is -6.19. The van der Waals surface area contributed by atoms with E-state index < -0.39 is 85.3 Å². The number of nitrogens with two attached hydrogens (primary N) is 3. The van der Waals surface area contributed by atoms with Gasteiger partial charge in [-0.05, 0) is 38.5 Å². The fourth-order valence-corrected chi connectivity index (χ4v) is 4.72. The monoisotopic (exact) mass is 699 g/mol. The first-order valence-electron chi connectivity index (χ1n) is 15.6. The van der Waals surface area contributed by atoms with E-state index in [-0.39, 0.29) is 76.6 Å². The van der Waals surface area contributed by atoms with E-state index in [0.29, 0.717) is 6.42 Å². The number of rotatable bonds is 22. The number of carbonyl (C=O) groups is 7. The smallest absolute Gasteiger partial charge is 0.326 e. The maximum Gasteiger partial charge on any atom is 0.326 e. The molecular weight excluding hydrogens is 650 g/mol. The normalized spacial score (nSPS) is 15.5. The van der Waals surface area contributed by atoms with Crippen LogP contribution in [0, 0.1) is 10.8 Å². The molecule has 0 spiro atoms. The van der Waals surface area contributed by atoms with Gasteiger partial charge in [-0.25, -0.2) is 4.79 Å². The Morgan fingerprint density at radius 1 is 0.776 bits per heavy atom. The van der Waals surface area contributed by atoms with Crippen LogP contribution in [0.4, 0.5) is 0 Å². The largest absolute Gasteiger partial charge is 0.480 e. The molecule has 0 aliphatic carbocycles. The fourth-order valence-electron chi connectivity index (χ4n) is 4.72. The highest BCUT2D eigenvalue weighted by Crippen LogP contribution is 2.20. The van der Waals surface area contributed by atoms with Crippen molar-refractivity contribution in [2.75, 3.05) is 45.9 Å². The molecule has 1 aliphatic rings. The van der Waals surface area contributed by atoms with Crippen LogP contribution in [0.25, 0.3) is 0 Å². The molecule has 17 N–H and O–H groups in total. The van der Waals surface area contributed by atoms with Crippen LogP contribution >= 0.6 is 0 Å². The van der Waals surface area contributed by atoms with Gasteiger partial charge in [0.15, 0.2) is 11.9 Å². The van der Waals surface area contributed by atoms with Crippen molar-refractivity contribution in [3.63, 3.8) is 0 Å². The zero-order valence-electron chi connectivity index (χ0n) is 27.1. The summed E-state index contributed by atoms with van der Waals surface area (Å²) in [5.41, 5.74) is 15.8. The summed E-state index contributed by atoms with van der Waals surface area (Å²) in [5, 5.41) is 50.5. The molecule has 0 aromatic carbocycles. The van der Waals surface area contributed by atoms with E-state index in [1.807, 2.05) is 0 Å². The van der Waals surface area contributed by atoms with Crippen LogP contribution in [0.15, 0.2) is 0 Å². The zero-order valence-corrected chi connectivity index (χ0v) is 27.1. The molecule has 1 rings (SSSR count). The molecule has 6 amide bonds. The van der Waals surface area contributed by atoms with Gasteiger partial charge in [0.1, 0.15) is 24.2 Å². The van der Waals surface area contributed by atoms with Gasteiger partial charge in [-0.3, -0.25) is 39.6 Å². The lowest BCUT2D eigenvalue weighted by Gasteiger charge is -2.29. The molecule has 276 valence electrons. The molecule has 22 heteroatoms. The summed E-state index contributed by atoms with van der Waals surface area (Å²) in [4.78, 5) is 88.8. The van der Waals surface area contributed by atoms with Crippen molar-refractivity contribution < 1.29 is 43.8 Å². The number of amides is 6. The van der Waals surface area contributed by atoms with Crippen molar-refractivity contribution in [3.8, 4) is 0 Å². The van der Waals surface area contributed by atoms with Crippen molar-refractivity contribution in [1.29, 1.82) is 10.8 Å². The van der Waals surface area contributed by atoms with Crippen LogP contribution in [0.5, 0.6) is 0 Å². The van der Waals surface area contributed by atoms with Gasteiger partial charge in [-0.2, -0.15) is 0 Å². The van der Waals surface area contributed by atoms with Gasteiger partial charge in [0.05, 0.1) is 19.7 Å². The van der Waals surface area contributed by atoms with Gasteiger partial charge >= 0.3 is 5.97 Å². The Morgan fingerprint density at radius 2 is 1.33 bits per heavy atom. The maximum atomic E-state index is 13.7. The Bertz CT molecular complexity index is 1200. The Labute approximate surface area is 282 Å². The minimum absolute atomic E-state index is 0.0119. The third kappa shape index (κ3) is 16.4. The number of hydrogen-bond donors (Lipinski definition) is 14. The molecule has 1 fully saturated rings. The summed E-state index contributed by atoms with van der Waals surface area (Å²) in [6.45, 7) is -1.34. The predicted octanol–water partition coefficient (Wildman–Crippen LogP) is -6.38. The van der Waals surface area contributed by atoms with E-state index in [2.05, 4.69) is 37.2 Å². The number of likely N-dealkylation sites (tertiary alicyclic amines) is 1. The lowest BCUT2D eigenvalue weighted by Crippen LogP contribution is -2.57. The second-order valence-electron chi connectivity index (χ2n) is 11.0. The maximum absolute atomic E-state index is 13.7. The number of hydrogen-bond acceptors (Lipinski definition) is 11. The zero-order chi connectivity index (χ0) is 36.9. The molecule has 0 saturated carbocycles. The number of nitrogens with one attached hydrogen (secondary N) is 9. The summed E-state index contributed by atoms with van der Waals surface area (Å²) in [7, 11) is 0. The standard InChI is InChI=1S/C27H49N13O9/c28-8-7-19(42)35-12-20(43)38-17(14-41)22(45)36-13-21(44)37-15(4-1-9-33-26(29)30)24(47)40-11-3-6-18(40)23(46)39-16(25(48)49)5-2-10-34-27(31)32/h15-18,41H,1-14,28H2,(H,35,42)(H,36,45)(H,37,44)(H,38,43)(H,39,46)(H,48,49)(H4,29,30,33)(H4,31,32,34)/t15-,16-,17-,18-/m0/s1. The average Bonchev–Trinajstić information content (AvgIpc) is 3.54. The number of carboxylic acid groups (broad SMARTS) is 1. The lowest BCUT2D eigenvalue weighted by atomic mass is 10.1. The van der Waals surface area contributed by atoms with Crippen molar-refractivity contribution in [3.05, 3.63) is 0 Å². The molecule has 0 radical (unpaired) electrons. The Balaban J connectivity index is 2.88. The Morgan fingerprint density at radius 3 is 1.86 bits per heavy atom. The first-order chi connectivity index (χ1) is 23.2. The fraction of sp³-hybridized carbons (Fsp3) is 0.667. The first kappa shape index (κ1) is 41.8. The summed E-state index contributed by atoms with van der Waals surface area (Å²) < 4.78 is 0. The van der Waals surface area contributed by atoms with Crippen LogP contribution < -0.4 is 54.4 Å². The van der Waals surface area contributed by atoms with E-state index in [9.17, 15) is 43.8 Å². The van der Waals surface area contributed by atoms with Gasteiger partial charge in [-0.15, -0.1) is 0 Å². The molecule has 1 aliphatic heterocycles. The number of aliphatic carboxylic acids is 1. The highest BCUT2D eigenvalue weighted by Gasteiger charge is 2.38. The van der Waals surface area contributed by atoms with Gasteiger partial charge in [0.25, 0.3) is 0 Å². The van der Waals surface area contributed by atoms with Gasteiger partial charge in [-0.1, -0.05) is 0 Å². The molecule has 0 aromatic heterocycles. The number of nitrogens with zero attached hydrogens (tertiary/aromatic N) is 1. The molecular formula is C27H49N13O9. The topological polar surface area (TPSA) is 373 Å². The second kappa shape index (κ2) is 22.3. The minimum atomic E-state index is -1.45. The number of aliphatic hydroxyl groups is 1. The average molecular weight is 700 g/mol. The van der Waals surface area contributed by atoms with Crippen LogP contribution in [0.2, 0.25) is 0 Å². The van der Waals surface area contributed by atoms with Gasteiger partial charge < -0.3 is 69.5 Å². The van der Waals surface area contributed by atoms with Crippen LogP contribution in [0.3, 0.4) is 0 Å².